The molecule has 34 heavy (non-hydrogen) atoms. The predicted molar refractivity (Wildman–Crippen MR) is 130 cm³/mol. The summed E-state index contributed by atoms with van der Waals surface area (Å²) >= 11 is 0. The molecule has 2 atom stereocenters. The molecule has 1 fully saturated rings. The first-order valence-electron chi connectivity index (χ1n) is 11.3. The van der Waals surface area contributed by atoms with E-state index in [1.54, 1.807) is 35.4 Å². The van der Waals surface area contributed by atoms with Gasteiger partial charge in [0.2, 0.25) is 11.8 Å². The molecular formula is C27H29N3O4. The summed E-state index contributed by atoms with van der Waals surface area (Å²) in [5, 5.41) is 3.00. The highest BCUT2D eigenvalue weighted by Gasteiger charge is 2.41. The molecule has 1 N–H and O–H groups in total. The molecule has 0 radical (unpaired) electrons. The summed E-state index contributed by atoms with van der Waals surface area (Å²) in [7, 11) is 0. The molecule has 1 saturated heterocycles. The van der Waals surface area contributed by atoms with E-state index in [1.807, 2.05) is 69.3 Å². The van der Waals surface area contributed by atoms with Gasteiger partial charge in [0.15, 0.2) is 0 Å². The number of nitrogens with one attached hydrogen (secondary N) is 1. The molecule has 0 unspecified atom stereocenters. The van der Waals surface area contributed by atoms with Gasteiger partial charge in [-0.1, -0.05) is 42.5 Å². The second kappa shape index (κ2) is 9.95. The average Bonchev–Trinajstić information content (AvgIpc) is 3.26. The van der Waals surface area contributed by atoms with E-state index < -0.39 is 17.6 Å². The normalized spacial score (nSPS) is 17.8. The van der Waals surface area contributed by atoms with Gasteiger partial charge in [0, 0.05) is 43.0 Å². The zero-order valence-electron chi connectivity index (χ0n) is 19.6. The van der Waals surface area contributed by atoms with Crippen molar-refractivity contribution < 1.29 is 19.1 Å². The van der Waals surface area contributed by atoms with Crippen molar-refractivity contribution in [2.75, 3.05) is 18.4 Å². The van der Waals surface area contributed by atoms with E-state index in [0.717, 1.165) is 5.56 Å². The third-order valence-corrected chi connectivity index (χ3v) is 5.50. The Kier molecular flexibility index (Phi) is 6.82. The third kappa shape index (κ3) is 5.92. The molecule has 3 aromatic rings. The van der Waals surface area contributed by atoms with Crippen LogP contribution in [0.1, 0.15) is 32.3 Å². The molecule has 7 heteroatoms. The molecule has 0 saturated carbocycles. The Morgan fingerprint density at radius 1 is 0.971 bits per heavy atom. The number of carbonyl (C=O) groups is 2. The van der Waals surface area contributed by atoms with Gasteiger partial charge < -0.3 is 19.7 Å². The van der Waals surface area contributed by atoms with Gasteiger partial charge in [0.05, 0.1) is 5.92 Å². The highest BCUT2D eigenvalue weighted by Crippen LogP contribution is 2.34. The van der Waals surface area contributed by atoms with Crippen molar-refractivity contribution in [1.29, 1.82) is 0 Å². The fraction of sp³-hybridized carbons (Fsp3) is 0.296. The summed E-state index contributed by atoms with van der Waals surface area (Å²) in [5.41, 5.74) is 1.02. The van der Waals surface area contributed by atoms with E-state index in [9.17, 15) is 9.59 Å². The molecule has 4 rings (SSSR count). The molecular weight excluding hydrogens is 430 g/mol. The Bertz CT molecular complexity index is 1130. The maximum Gasteiger partial charge on any atom is 0.410 e. The fourth-order valence-electron chi connectivity index (χ4n) is 3.98. The number of aromatic nitrogens is 1. The minimum atomic E-state index is -0.603. The van der Waals surface area contributed by atoms with Crippen molar-refractivity contribution >= 4 is 17.7 Å². The zero-order chi connectivity index (χ0) is 24.1. The molecule has 1 aliphatic rings. The first-order chi connectivity index (χ1) is 16.3. The van der Waals surface area contributed by atoms with Crippen molar-refractivity contribution in [3.63, 3.8) is 0 Å². The lowest BCUT2D eigenvalue weighted by Crippen LogP contribution is -2.36. The Labute approximate surface area is 199 Å². The number of amides is 2. The highest BCUT2D eigenvalue weighted by atomic mass is 16.6. The summed E-state index contributed by atoms with van der Waals surface area (Å²) in [6.45, 7) is 6.20. The third-order valence-electron chi connectivity index (χ3n) is 5.50. The summed E-state index contributed by atoms with van der Waals surface area (Å²) in [6.07, 6.45) is 1.25. The van der Waals surface area contributed by atoms with Crippen LogP contribution in [0.2, 0.25) is 0 Å². The summed E-state index contributed by atoms with van der Waals surface area (Å²) < 4.78 is 11.3. The molecule has 2 aromatic carbocycles. The second-order valence-corrected chi connectivity index (χ2v) is 9.30. The first-order valence-corrected chi connectivity index (χ1v) is 11.3. The molecule has 7 nitrogen and oxygen atoms in total. The molecule has 1 aliphatic heterocycles. The Morgan fingerprint density at radius 3 is 2.44 bits per heavy atom. The van der Waals surface area contributed by atoms with Crippen molar-refractivity contribution in [2.45, 2.75) is 32.3 Å². The van der Waals surface area contributed by atoms with Gasteiger partial charge in [-0.2, -0.15) is 0 Å². The lowest BCUT2D eigenvalue weighted by Gasteiger charge is -2.24. The first kappa shape index (κ1) is 23.3. The van der Waals surface area contributed by atoms with E-state index in [-0.39, 0.29) is 18.4 Å². The van der Waals surface area contributed by atoms with E-state index in [2.05, 4.69) is 10.3 Å². The Hall–Kier alpha value is -3.87. The quantitative estimate of drug-likeness (QED) is 0.548. The van der Waals surface area contributed by atoms with Crippen LogP contribution >= 0.6 is 0 Å². The van der Waals surface area contributed by atoms with Crippen LogP contribution in [0.4, 0.5) is 10.5 Å². The van der Waals surface area contributed by atoms with Crippen LogP contribution in [0.3, 0.4) is 0 Å². The molecule has 0 aliphatic carbocycles. The lowest BCUT2D eigenvalue weighted by molar-refractivity contribution is -0.119. The van der Waals surface area contributed by atoms with Gasteiger partial charge in [-0.15, -0.1) is 0 Å². The monoisotopic (exact) mass is 459 g/mol. The zero-order valence-corrected chi connectivity index (χ0v) is 19.6. The number of ether oxygens (including phenoxy) is 2. The van der Waals surface area contributed by atoms with E-state index in [1.165, 1.54) is 0 Å². The predicted octanol–water partition coefficient (Wildman–Crippen LogP) is 5.46. The minimum absolute atomic E-state index is 0.137. The van der Waals surface area contributed by atoms with E-state index in [0.29, 0.717) is 23.9 Å². The van der Waals surface area contributed by atoms with Gasteiger partial charge in [-0.05, 0) is 44.5 Å². The lowest BCUT2D eigenvalue weighted by atomic mass is 9.88. The smallest absolute Gasteiger partial charge is 0.410 e. The van der Waals surface area contributed by atoms with Crippen molar-refractivity contribution in [1.82, 2.24) is 9.88 Å². The number of likely N-dealkylation sites (tertiary alicyclic amines) is 1. The van der Waals surface area contributed by atoms with Crippen LogP contribution in [-0.2, 0) is 9.53 Å². The second-order valence-electron chi connectivity index (χ2n) is 9.30. The molecule has 176 valence electrons. The number of rotatable bonds is 5. The average molecular weight is 460 g/mol. The van der Waals surface area contributed by atoms with Crippen LogP contribution in [0.25, 0.3) is 0 Å². The van der Waals surface area contributed by atoms with Crippen molar-refractivity contribution in [3.8, 4) is 11.6 Å². The number of carbonyl (C=O) groups excluding carboxylic acids is 2. The molecule has 0 spiro atoms. The topological polar surface area (TPSA) is 80.8 Å². The van der Waals surface area contributed by atoms with Crippen molar-refractivity contribution in [3.05, 3.63) is 84.6 Å². The van der Waals surface area contributed by atoms with Gasteiger partial charge in [0.1, 0.15) is 11.4 Å². The van der Waals surface area contributed by atoms with Gasteiger partial charge in [-0.3, -0.25) is 4.79 Å². The number of pyridine rings is 1. The largest absolute Gasteiger partial charge is 0.444 e. The summed E-state index contributed by atoms with van der Waals surface area (Å²) in [5.74, 6) is 0.323. The minimum Gasteiger partial charge on any atom is -0.444 e. The fourth-order valence-corrected chi connectivity index (χ4v) is 3.98. The van der Waals surface area contributed by atoms with Gasteiger partial charge >= 0.3 is 6.09 Å². The SMILES string of the molecule is CC(C)(C)OC(=O)N1C[C@@H](C(=O)Nc2cccc(Oc3ccccn3)c2)[C@H](c2ccccc2)C1. The van der Waals surface area contributed by atoms with Crippen LogP contribution in [0.5, 0.6) is 11.6 Å². The summed E-state index contributed by atoms with van der Waals surface area (Å²) in [4.78, 5) is 31.9. The standard InChI is InChI=1S/C27H29N3O4/c1-27(2,3)34-26(32)30-17-22(19-10-5-4-6-11-19)23(18-30)25(31)29-20-12-9-13-21(16-20)33-24-14-7-8-15-28-24/h4-16,22-23H,17-18H2,1-3H3,(H,29,31)/t22-,23+/m0/s1. The number of benzene rings is 2. The van der Waals surface area contributed by atoms with E-state index >= 15 is 0 Å². The Balaban J connectivity index is 1.51. The highest BCUT2D eigenvalue weighted by molar-refractivity contribution is 5.94. The van der Waals surface area contributed by atoms with Crippen molar-refractivity contribution in [2.24, 2.45) is 5.92 Å². The maximum atomic E-state index is 13.4. The van der Waals surface area contributed by atoms with Gasteiger partial charge in [0.25, 0.3) is 0 Å². The molecule has 1 aromatic heterocycles. The van der Waals surface area contributed by atoms with Crippen LogP contribution < -0.4 is 10.1 Å². The number of nitrogens with zero attached hydrogens (tertiary/aromatic N) is 2. The summed E-state index contributed by atoms with van der Waals surface area (Å²) in [6, 6.07) is 22.4. The van der Waals surface area contributed by atoms with Crippen LogP contribution in [-0.4, -0.2) is 40.6 Å². The number of hydrogen-bond donors (Lipinski definition) is 1. The van der Waals surface area contributed by atoms with E-state index in [4.69, 9.17) is 9.47 Å². The maximum absolute atomic E-state index is 13.4. The van der Waals surface area contributed by atoms with Crippen LogP contribution in [0.15, 0.2) is 79.0 Å². The number of anilines is 1. The van der Waals surface area contributed by atoms with Crippen LogP contribution in [0, 0.1) is 5.92 Å². The molecule has 0 bridgehead atoms. The number of hydrogen-bond acceptors (Lipinski definition) is 5. The molecule has 2 heterocycles. The Morgan fingerprint density at radius 2 is 1.74 bits per heavy atom. The van der Waals surface area contributed by atoms with Gasteiger partial charge in [-0.25, -0.2) is 9.78 Å². The molecule has 2 amide bonds.